The van der Waals surface area contributed by atoms with E-state index in [0.29, 0.717) is 6.54 Å². The van der Waals surface area contributed by atoms with E-state index in [4.69, 9.17) is 9.59 Å². The van der Waals surface area contributed by atoms with Crippen molar-refractivity contribution < 1.29 is 19.2 Å². The van der Waals surface area contributed by atoms with Gasteiger partial charge in [-0.05, 0) is 69.0 Å². The summed E-state index contributed by atoms with van der Waals surface area (Å²) < 4.78 is 0. The number of hydrogen-bond acceptors (Lipinski definition) is 5. The molecule has 0 atom stereocenters. The van der Waals surface area contributed by atoms with Gasteiger partial charge in [0.15, 0.2) is 0 Å². The zero-order valence-corrected chi connectivity index (χ0v) is 26.4. The SMILES string of the molecule is C=O.C=O.CC.CNc1ccccc1NC(=O)CCC(=O)N(C)Cc1ccc(C)cc1.Cc1cc(C)c(C)c(C)c1. The Morgan fingerprint density at radius 2 is 1.22 bits per heavy atom. The fourth-order valence-electron chi connectivity index (χ4n) is 3.74. The van der Waals surface area contributed by atoms with E-state index in [1.54, 1.807) is 19.0 Å². The van der Waals surface area contributed by atoms with Crippen molar-refractivity contribution in [1.82, 2.24) is 4.90 Å². The third kappa shape index (κ3) is 15.2. The Kier molecular flexibility index (Phi) is 21.4. The van der Waals surface area contributed by atoms with Crippen LogP contribution in [0.1, 0.15) is 60.1 Å². The van der Waals surface area contributed by atoms with Gasteiger partial charge in [-0.2, -0.15) is 0 Å². The summed E-state index contributed by atoms with van der Waals surface area (Å²) >= 11 is 0. The maximum Gasteiger partial charge on any atom is 0.224 e. The molecule has 0 bridgehead atoms. The van der Waals surface area contributed by atoms with Gasteiger partial charge in [-0.15, -0.1) is 0 Å². The molecule has 2 amide bonds. The van der Waals surface area contributed by atoms with Gasteiger partial charge >= 0.3 is 0 Å². The Morgan fingerprint density at radius 1 is 0.732 bits per heavy atom. The molecule has 7 heteroatoms. The summed E-state index contributed by atoms with van der Waals surface area (Å²) in [6.45, 7) is 19.2. The van der Waals surface area contributed by atoms with Crippen LogP contribution in [0.15, 0.2) is 60.7 Å². The molecule has 3 rings (SSSR count). The molecule has 3 aromatic carbocycles. The molecule has 0 saturated heterocycles. The highest BCUT2D eigenvalue weighted by Gasteiger charge is 2.13. The maximum atomic E-state index is 12.2. The quantitative estimate of drug-likeness (QED) is 0.323. The molecule has 0 aromatic heterocycles. The second-order valence-corrected chi connectivity index (χ2v) is 9.10. The first kappa shape index (κ1) is 38.9. The van der Waals surface area contributed by atoms with Gasteiger partial charge in [0.25, 0.3) is 0 Å². The highest BCUT2D eigenvalue weighted by Crippen LogP contribution is 2.20. The molecule has 0 radical (unpaired) electrons. The van der Waals surface area contributed by atoms with Crippen LogP contribution in [0.2, 0.25) is 0 Å². The summed E-state index contributed by atoms with van der Waals surface area (Å²) in [5.41, 5.74) is 9.42. The van der Waals surface area contributed by atoms with E-state index in [2.05, 4.69) is 50.5 Å². The number of hydrogen-bond donors (Lipinski definition) is 2. The Labute approximate surface area is 247 Å². The number of nitrogens with zero attached hydrogens (tertiary/aromatic N) is 1. The van der Waals surface area contributed by atoms with Crippen molar-refractivity contribution in [2.45, 2.75) is 67.9 Å². The Morgan fingerprint density at radius 3 is 1.71 bits per heavy atom. The van der Waals surface area contributed by atoms with Gasteiger partial charge < -0.3 is 25.1 Å². The molecule has 0 aliphatic rings. The van der Waals surface area contributed by atoms with E-state index >= 15 is 0 Å². The van der Waals surface area contributed by atoms with Gasteiger partial charge in [-0.25, -0.2) is 0 Å². The number of rotatable bonds is 7. The number of para-hydroxylation sites is 2. The van der Waals surface area contributed by atoms with Crippen molar-refractivity contribution in [2.75, 3.05) is 24.7 Å². The maximum absolute atomic E-state index is 12.2. The average Bonchev–Trinajstić information content (AvgIpc) is 2.99. The lowest BCUT2D eigenvalue weighted by Gasteiger charge is -2.17. The number of aryl methyl sites for hydroxylation is 4. The molecule has 7 nitrogen and oxygen atoms in total. The summed E-state index contributed by atoms with van der Waals surface area (Å²) in [5.74, 6) is -0.211. The molecule has 224 valence electrons. The van der Waals surface area contributed by atoms with Gasteiger partial charge in [0.2, 0.25) is 11.8 Å². The third-order valence-electron chi connectivity index (χ3n) is 6.07. The van der Waals surface area contributed by atoms with E-state index in [-0.39, 0.29) is 24.7 Å². The van der Waals surface area contributed by atoms with Crippen molar-refractivity contribution in [3.63, 3.8) is 0 Å². The smallest absolute Gasteiger partial charge is 0.224 e. The van der Waals surface area contributed by atoms with Gasteiger partial charge in [0, 0.05) is 33.5 Å². The molecule has 2 N–H and O–H groups in total. The Balaban J connectivity index is 0. The van der Waals surface area contributed by atoms with Gasteiger partial charge in [-0.3, -0.25) is 9.59 Å². The summed E-state index contributed by atoms with van der Waals surface area (Å²) in [5, 5.41) is 5.86. The normalized spacial score (nSPS) is 9.00. The number of nitrogens with one attached hydrogen (secondary N) is 2. The number of carbonyl (C=O) groups is 4. The second kappa shape index (κ2) is 22.5. The van der Waals surface area contributed by atoms with Crippen LogP contribution in [-0.4, -0.2) is 44.4 Å². The first-order valence-corrected chi connectivity index (χ1v) is 13.6. The second-order valence-electron chi connectivity index (χ2n) is 9.10. The van der Waals surface area contributed by atoms with Crippen LogP contribution >= 0.6 is 0 Å². The lowest BCUT2D eigenvalue weighted by molar-refractivity contribution is -0.132. The lowest BCUT2D eigenvalue weighted by atomic mass is 10.0. The molecular formula is C34H49N3O4. The summed E-state index contributed by atoms with van der Waals surface area (Å²) in [4.78, 5) is 42.0. The van der Waals surface area contributed by atoms with Crippen molar-refractivity contribution in [3.8, 4) is 0 Å². The minimum absolute atomic E-state index is 0.0439. The number of carbonyl (C=O) groups excluding carboxylic acids is 4. The minimum Gasteiger partial charge on any atom is -0.386 e. The van der Waals surface area contributed by atoms with Gasteiger partial charge in [0.1, 0.15) is 13.6 Å². The van der Waals surface area contributed by atoms with Crippen molar-refractivity contribution in [1.29, 1.82) is 0 Å². The number of anilines is 2. The fourth-order valence-corrected chi connectivity index (χ4v) is 3.74. The van der Waals surface area contributed by atoms with Crippen LogP contribution in [-0.2, 0) is 25.7 Å². The van der Waals surface area contributed by atoms with Crippen molar-refractivity contribution in [2.24, 2.45) is 0 Å². The third-order valence-corrected chi connectivity index (χ3v) is 6.07. The standard InChI is InChI=1S/C20H25N3O2.C10H14.C2H6.2CH2O/c1-15-8-10-16(11-9-15)14-23(3)20(25)13-12-19(24)22-18-7-5-4-6-17(18)21-2;1-7-5-8(2)10(4)9(3)6-7;3*1-2/h4-11,21H,12-14H2,1-3H3,(H,22,24);5-6H,1-4H3;1-2H3;2*1H2. The molecule has 0 saturated carbocycles. The van der Waals surface area contributed by atoms with Crippen LogP contribution in [0.4, 0.5) is 11.4 Å². The van der Waals surface area contributed by atoms with Gasteiger partial charge in [0.05, 0.1) is 11.4 Å². The Bertz CT molecular complexity index is 1150. The average molecular weight is 564 g/mol. The van der Waals surface area contributed by atoms with Crippen LogP contribution < -0.4 is 10.6 Å². The number of amides is 2. The van der Waals surface area contributed by atoms with Crippen LogP contribution in [0, 0.1) is 34.6 Å². The lowest BCUT2D eigenvalue weighted by Crippen LogP contribution is -2.27. The molecule has 0 aliphatic carbocycles. The summed E-state index contributed by atoms with van der Waals surface area (Å²) in [6.07, 6.45) is 0.352. The van der Waals surface area contributed by atoms with Crippen LogP contribution in [0.3, 0.4) is 0 Å². The van der Waals surface area contributed by atoms with E-state index in [9.17, 15) is 9.59 Å². The molecule has 0 spiro atoms. The van der Waals surface area contributed by atoms with E-state index in [0.717, 1.165) is 16.9 Å². The van der Waals surface area contributed by atoms with E-state index in [1.165, 1.54) is 27.8 Å². The largest absolute Gasteiger partial charge is 0.386 e. The van der Waals surface area contributed by atoms with E-state index in [1.807, 2.05) is 82.9 Å². The Hall–Kier alpha value is -4.26. The topological polar surface area (TPSA) is 95.6 Å². The predicted molar refractivity (Wildman–Crippen MR) is 172 cm³/mol. The monoisotopic (exact) mass is 563 g/mol. The first-order valence-electron chi connectivity index (χ1n) is 13.6. The summed E-state index contributed by atoms with van der Waals surface area (Å²) in [6, 6.07) is 20.0. The molecule has 0 unspecified atom stereocenters. The molecule has 0 heterocycles. The predicted octanol–water partition coefficient (Wildman–Crippen LogP) is 6.99. The highest BCUT2D eigenvalue weighted by molar-refractivity contribution is 5.95. The molecule has 0 fully saturated rings. The van der Waals surface area contributed by atoms with E-state index < -0.39 is 0 Å². The zero-order chi connectivity index (χ0) is 32.0. The first-order chi connectivity index (χ1) is 19.6. The van der Waals surface area contributed by atoms with Crippen LogP contribution in [0.5, 0.6) is 0 Å². The van der Waals surface area contributed by atoms with Crippen molar-refractivity contribution in [3.05, 3.63) is 94.0 Å². The molecule has 0 aliphatic heterocycles. The summed E-state index contributed by atoms with van der Waals surface area (Å²) in [7, 11) is 3.56. The van der Waals surface area contributed by atoms with Crippen LogP contribution in [0.25, 0.3) is 0 Å². The highest BCUT2D eigenvalue weighted by atomic mass is 16.2. The zero-order valence-electron chi connectivity index (χ0n) is 26.4. The van der Waals surface area contributed by atoms with Gasteiger partial charge in [-0.1, -0.05) is 73.5 Å². The van der Waals surface area contributed by atoms with Crippen molar-refractivity contribution >= 4 is 36.8 Å². The molecule has 3 aromatic rings. The molecular weight excluding hydrogens is 514 g/mol. The minimum atomic E-state index is -0.167. The molecule has 41 heavy (non-hydrogen) atoms. The fraction of sp³-hybridized carbons (Fsp3) is 0.353. The number of benzene rings is 3.